The largest absolute Gasteiger partial charge is 0.444 e. The van der Waals surface area contributed by atoms with Crippen molar-refractivity contribution < 1.29 is 14.3 Å². The maximum atomic E-state index is 12.6. The van der Waals surface area contributed by atoms with Crippen LogP contribution in [-0.2, 0) is 4.74 Å². The lowest BCUT2D eigenvalue weighted by Crippen LogP contribution is -2.42. The third kappa shape index (κ3) is 4.69. The number of likely N-dealkylation sites (tertiary alicyclic amines) is 1. The van der Waals surface area contributed by atoms with Gasteiger partial charge in [-0.2, -0.15) is 0 Å². The molecule has 0 aromatic carbocycles. The van der Waals surface area contributed by atoms with E-state index < -0.39 is 11.6 Å². The molecule has 32 heavy (non-hydrogen) atoms. The van der Waals surface area contributed by atoms with Crippen LogP contribution in [0.2, 0.25) is 0 Å². The number of nitrogens with two attached hydrogens (primary N) is 1. The van der Waals surface area contributed by atoms with Crippen LogP contribution < -0.4 is 11.1 Å². The van der Waals surface area contributed by atoms with E-state index in [2.05, 4.69) is 21.7 Å². The molecule has 4 rings (SSSR count). The molecule has 0 aliphatic carbocycles. The number of carbonyl (C=O) groups excluding carboxylic acids is 2. The maximum absolute atomic E-state index is 12.6. The number of urea groups is 1. The summed E-state index contributed by atoms with van der Waals surface area (Å²) in [6.45, 7) is 8.82. The SMILES string of the molecule is Cc1csc(-c2cnc(NC(N)=O)c3nc(C4CCCN(C(=O)OC(C)(C)C)C4)cn23)c1. The second kappa shape index (κ2) is 8.42. The number of aromatic nitrogens is 3. The van der Waals surface area contributed by atoms with Gasteiger partial charge >= 0.3 is 12.1 Å². The number of nitrogens with one attached hydrogen (secondary N) is 1. The number of amides is 3. The molecule has 3 N–H and O–H groups in total. The Bertz CT molecular complexity index is 1160. The minimum Gasteiger partial charge on any atom is -0.444 e. The van der Waals surface area contributed by atoms with Crippen molar-refractivity contribution in [3.05, 3.63) is 35.1 Å². The van der Waals surface area contributed by atoms with E-state index in [1.54, 1.807) is 22.4 Å². The molecule has 1 saturated heterocycles. The lowest BCUT2D eigenvalue weighted by molar-refractivity contribution is 0.0197. The van der Waals surface area contributed by atoms with Crippen LogP contribution in [0.25, 0.3) is 16.2 Å². The number of anilines is 1. The third-order valence-electron chi connectivity index (χ3n) is 5.23. The normalized spacial score (nSPS) is 16.9. The number of hydrogen-bond donors (Lipinski definition) is 2. The molecule has 3 aromatic rings. The molecule has 1 unspecified atom stereocenters. The number of piperidine rings is 1. The Hall–Kier alpha value is -3.14. The maximum Gasteiger partial charge on any atom is 0.410 e. The van der Waals surface area contributed by atoms with Gasteiger partial charge in [-0.1, -0.05) is 0 Å². The topological polar surface area (TPSA) is 115 Å². The highest BCUT2D eigenvalue weighted by atomic mass is 32.1. The fourth-order valence-electron chi connectivity index (χ4n) is 3.86. The summed E-state index contributed by atoms with van der Waals surface area (Å²) in [6, 6.07) is 1.39. The number of primary amides is 1. The van der Waals surface area contributed by atoms with E-state index in [4.69, 9.17) is 15.5 Å². The summed E-state index contributed by atoms with van der Waals surface area (Å²) in [4.78, 5) is 36.1. The molecule has 1 atom stereocenters. The molecule has 3 aromatic heterocycles. The first-order valence-corrected chi connectivity index (χ1v) is 11.5. The van der Waals surface area contributed by atoms with Crippen LogP contribution in [0.4, 0.5) is 15.4 Å². The first-order valence-electron chi connectivity index (χ1n) is 10.6. The van der Waals surface area contributed by atoms with Crippen molar-refractivity contribution in [1.82, 2.24) is 19.3 Å². The number of aryl methyl sites for hydroxylation is 1. The number of carbonyl (C=O) groups is 2. The molecule has 10 heteroatoms. The monoisotopic (exact) mass is 456 g/mol. The Balaban J connectivity index is 1.70. The molecular weight excluding hydrogens is 428 g/mol. The van der Waals surface area contributed by atoms with Crippen molar-refractivity contribution in [2.75, 3.05) is 18.4 Å². The number of ether oxygens (including phenoxy) is 1. The Morgan fingerprint density at radius 2 is 2.12 bits per heavy atom. The van der Waals surface area contributed by atoms with Gasteiger partial charge < -0.3 is 15.4 Å². The summed E-state index contributed by atoms with van der Waals surface area (Å²) in [6.07, 6.45) is 5.14. The standard InChI is InChI=1S/C22H28N6O3S/c1-13-8-17(32-12-13)16-9-24-18(26-20(23)29)19-25-15(11-28(16)19)14-6-5-7-27(10-14)21(30)31-22(2,3)4/h8-9,11-12,14H,5-7,10H2,1-4H3,(H3,23,24,26,29). The van der Waals surface area contributed by atoms with E-state index in [-0.39, 0.29) is 12.0 Å². The summed E-state index contributed by atoms with van der Waals surface area (Å²) in [5, 5.41) is 4.64. The van der Waals surface area contributed by atoms with E-state index in [0.29, 0.717) is 24.6 Å². The van der Waals surface area contributed by atoms with Gasteiger partial charge in [0.15, 0.2) is 11.5 Å². The quantitative estimate of drug-likeness (QED) is 0.607. The Labute approximate surface area is 190 Å². The Morgan fingerprint density at radius 3 is 2.78 bits per heavy atom. The molecule has 0 radical (unpaired) electrons. The van der Waals surface area contributed by atoms with Gasteiger partial charge in [0.2, 0.25) is 0 Å². The average molecular weight is 457 g/mol. The summed E-state index contributed by atoms with van der Waals surface area (Å²) in [7, 11) is 0. The molecule has 3 amide bonds. The van der Waals surface area contributed by atoms with Gasteiger partial charge in [-0.15, -0.1) is 11.3 Å². The van der Waals surface area contributed by atoms with E-state index in [9.17, 15) is 9.59 Å². The van der Waals surface area contributed by atoms with Crippen LogP contribution in [0.1, 0.15) is 50.8 Å². The van der Waals surface area contributed by atoms with Gasteiger partial charge in [0.05, 0.1) is 22.5 Å². The molecule has 1 fully saturated rings. The molecule has 0 spiro atoms. The average Bonchev–Trinajstić information content (AvgIpc) is 3.34. The van der Waals surface area contributed by atoms with Gasteiger partial charge in [-0.05, 0) is 57.5 Å². The lowest BCUT2D eigenvalue weighted by Gasteiger charge is -2.33. The zero-order valence-corrected chi connectivity index (χ0v) is 19.5. The van der Waals surface area contributed by atoms with Crippen molar-refractivity contribution in [2.24, 2.45) is 5.73 Å². The van der Waals surface area contributed by atoms with Gasteiger partial charge in [0, 0.05) is 25.2 Å². The Kier molecular flexibility index (Phi) is 5.81. The highest BCUT2D eigenvalue weighted by Crippen LogP contribution is 2.33. The first kappa shape index (κ1) is 22.1. The van der Waals surface area contributed by atoms with E-state index in [1.165, 1.54) is 0 Å². The zero-order valence-electron chi connectivity index (χ0n) is 18.7. The van der Waals surface area contributed by atoms with Crippen LogP contribution in [-0.4, -0.2) is 50.1 Å². The molecule has 1 aliphatic rings. The van der Waals surface area contributed by atoms with Gasteiger partial charge in [0.1, 0.15) is 5.60 Å². The van der Waals surface area contributed by atoms with Gasteiger partial charge in [-0.25, -0.2) is 19.6 Å². The molecule has 4 heterocycles. The number of nitrogens with zero attached hydrogens (tertiary/aromatic N) is 4. The van der Waals surface area contributed by atoms with Crippen molar-refractivity contribution in [3.63, 3.8) is 0 Å². The second-order valence-electron chi connectivity index (χ2n) is 9.09. The minimum atomic E-state index is -0.697. The number of hydrogen-bond acceptors (Lipinski definition) is 6. The molecule has 0 saturated carbocycles. The van der Waals surface area contributed by atoms with Gasteiger partial charge in [-0.3, -0.25) is 9.72 Å². The van der Waals surface area contributed by atoms with E-state index in [1.807, 2.05) is 38.3 Å². The third-order valence-corrected chi connectivity index (χ3v) is 6.30. The van der Waals surface area contributed by atoms with Crippen molar-refractivity contribution >= 4 is 34.9 Å². The fraction of sp³-hybridized carbons (Fsp3) is 0.455. The predicted molar refractivity (Wildman–Crippen MR) is 124 cm³/mol. The van der Waals surface area contributed by atoms with Gasteiger partial charge in [0.25, 0.3) is 0 Å². The van der Waals surface area contributed by atoms with Crippen molar-refractivity contribution in [2.45, 2.75) is 52.1 Å². The minimum absolute atomic E-state index is 0.0514. The van der Waals surface area contributed by atoms with Crippen LogP contribution >= 0.6 is 11.3 Å². The summed E-state index contributed by atoms with van der Waals surface area (Å²) in [5.41, 5.74) is 8.21. The number of fused-ring (bicyclic) bond motifs is 1. The van der Waals surface area contributed by atoms with Crippen LogP contribution in [0.15, 0.2) is 23.8 Å². The van der Waals surface area contributed by atoms with Crippen LogP contribution in [0.5, 0.6) is 0 Å². The summed E-state index contributed by atoms with van der Waals surface area (Å²) < 4.78 is 7.49. The highest BCUT2D eigenvalue weighted by molar-refractivity contribution is 7.13. The lowest BCUT2D eigenvalue weighted by atomic mass is 9.95. The summed E-state index contributed by atoms with van der Waals surface area (Å²) in [5.74, 6) is 0.358. The smallest absolute Gasteiger partial charge is 0.410 e. The first-order chi connectivity index (χ1) is 15.1. The molecule has 1 aliphatic heterocycles. The van der Waals surface area contributed by atoms with E-state index >= 15 is 0 Å². The number of imidazole rings is 1. The number of rotatable bonds is 3. The molecular formula is C22H28N6O3S. The van der Waals surface area contributed by atoms with Crippen molar-refractivity contribution in [3.8, 4) is 10.6 Å². The second-order valence-corrected chi connectivity index (χ2v) is 10.0. The Morgan fingerprint density at radius 1 is 1.34 bits per heavy atom. The predicted octanol–water partition coefficient (Wildman–Crippen LogP) is 4.37. The molecule has 170 valence electrons. The zero-order chi connectivity index (χ0) is 23.0. The molecule has 9 nitrogen and oxygen atoms in total. The molecule has 0 bridgehead atoms. The van der Waals surface area contributed by atoms with Crippen molar-refractivity contribution in [1.29, 1.82) is 0 Å². The van der Waals surface area contributed by atoms with Crippen LogP contribution in [0.3, 0.4) is 0 Å². The van der Waals surface area contributed by atoms with E-state index in [0.717, 1.165) is 34.7 Å². The highest BCUT2D eigenvalue weighted by Gasteiger charge is 2.30. The van der Waals surface area contributed by atoms with Crippen LogP contribution in [0, 0.1) is 6.92 Å². The summed E-state index contributed by atoms with van der Waals surface area (Å²) >= 11 is 1.62. The fourth-order valence-corrected chi connectivity index (χ4v) is 4.76. The number of thiophene rings is 1.